The number of hydrogen-bond donors (Lipinski definition) is 2. The van der Waals surface area contributed by atoms with Crippen LogP contribution in [0, 0.1) is 6.92 Å². The third-order valence-electron chi connectivity index (χ3n) is 4.05. The number of pyridine rings is 1. The highest BCUT2D eigenvalue weighted by Gasteiger charge is 2.16. The fourth-order valence-corrected chi connectivity index (χ4v) is 3.77. The van der Waals surface area contributed by atoms with Gasteiger partial charge in [0.25, 0.3) is 0 Å². The zero-order valence-electron chi connectivity index (χ0n) is 15.7. The van der Waals surface area contributed by atoms with Crippen LogP contribution in [0.2, 0.25) is 0 Å². The number of nitrogens with one attached hydrogen (secondary N) is 1. The minimum Gasteiger partial charge on any atom is -0.493 e. The standard InChI is InChI=1S/C19H26BrN3O3S/c1-3-4-5-6-9-26-17-10-14(2)7-8-15(17)12-22-19-18(27(21,24)25)11-16(20)13-23-19/h7-8,10-11,13H,3-6,9,12H2,1-2H3,(H,22,23)(H2,21,24,25). The van der Waals surface area contributed by atoms with E-state index in [0.29, 0.717) is 17.6 Å². The van der Waals surface area contributed by atoms with E-state index in [2.05, 4.69) is 33.2 Å². The number of halogens is 1. The second kappa shape index (κ2) is 10.1. The van der Waals surface area contributed by atoms with E-state index in [0.717, 1.165) is 29.7 Å². The number of sulfonamides is 1. The van der Waals surface area contributed by atoms with Crippen LogP contribution in [-0.2, 0) is 16.6 Å². The van der Waals surface area contributed by atoms with Crippen molar-refractivity contribution in [2.75, 3.05) is 11.9 Å². The summed E-state index contributed by atoms with van der Waals surface area (Å²) in [5.41, 5.74) is 2.04. The number of aryl methyl sites for hydroxylation is 1. The van der Waals surface area contributed by atoms with Gasteiger partial charge in [0.05, 0.1) is 6.61 Å². The Hall–Kier alpha value is -1.64. The smallest absolute Gasteiger partial charge is 0.241 e. The summed E-state index contributed by atoms with van der Waals surface area (Å²) in [7, 11) is -3.89. The molecule has 1 aromatic heterocycles. The first-order valence-electron chi connectivity index (χ1n) is 8.96. The maximum absolute atomic E-state index is 11.8. The van der Waals surface area contributed by atoms with Gasteiger partial charge in [-0.15, -0.1) is 0 Å². The Morgan fingerprint density at radius 3 is 2.70 bits per heavy atom. The van der Waals surface area contributed by atoms with Crippen molar-refractivity contribution in [2.45, 2.75) is 51.0 Å². The Labute approximate surface area is 169 Å². The molecule has 27 heavy (non-hydrogen) atoms. The van der Waals surface area contributed by atoms with Crippen LogP contribution in [0.5, 0.6) is 5.75 Å². The molecular formula is C19H26BrN3O3S. The number of ether oxygens (including phenoxy) is 1. The van der Waals surface area contributed by atoms with Crippen molar-refractivity contribution >= 4 is 31.8 Å². The number of rotatable bonds is 10. The van der Waals surface area contributed by atoms with E-state index in [4.69, 9.17) is 9.88 Å². The molecule has 0 aliphatic heterocycles. The molecule has 1 aromatic carbocycles. The molecule has 0 saturated carbocycles. The number of nitrogens with zero attached hydrogens (tertiary/aromatic N) is 1. The molecule has 148 valence electrons. The van der Waals surface area contributed by atoms with Crippen molar-refractivity contribution in [3.05, 3.63) is 46.1 Å². The Morgan fingerprint density at radius 1 is 1.22 bits per heavy atom. The summed E-state index contributed by atoms with van der Waals surface area (Å²) < 4.78 is 30.1. The Morgan fingerprint density at radius 2 is 2.00 bits per heavy atom. The number of hydrogen-bond acceptors (Lipinski definition) is 5. The molecule has 0 spiro atoms. The maximum atomic E-state index is 11.8. The monoisotopic (exact) mass is 455 g/mol. The van der Waals surface area contributed by atoms with Crippen molar-refractivity contribution < 1.29 is 13.2 Å². The summed E-state index contributed by atoms with van der Waals surface area (Å²) in [6.07, 6.45) is 6.08. The van der Waals surface area contributed by atoms with Crippen LogP contribution in [0.1, 0.15) is 43.7 Å². The average molecular weight is 456 g/mol. The van der Waals surface area contributed by atoms with E-state index in [-0.39, 0.29) is 10.7 Å². The van der Waals surface area contributed by atoms with E-state index in [1.165, 1.54) is 25.1 Å². The summed E-state index contributed by atoms with van der Waals surface area (Å²) in [5.74, 6) is 1.02. The van der Waals surface area contributed by atoms with E-state index in [1.54, 1.807) is 0 Å². The highest BCUT2D eigenvalue weighted by atomic mass is 79.9. The largest absolute Gasteiger partial charge is 0.493 e. The van der Waals surface area contributed by atoms with Crippen LogP contribution in [-0.4, -0.2) is 20.0 Å². The van der Waals surface area contributed by atoms with Crippen molar-refractivity contribution in [2.24, 2.45) is 5.14 Å². The number of anilines is 1. The highest BCUT2D eigenvalue weighted by molar-refractivity contribution is 9.10. The normalized spacial score (nSPS) is 11.4. The fraction of sp³-hybridized carbons (Fsp3) is 0.421. The first-order chi connectivity index (χ1) is 12.8. The van der Waals surface area contributed by atoms with E-state index >= 15 is 0 Å². The summed E-state index contributed by atoms with van der Waals surface area (Å²) in [6, 6.07) is 7.40. The van der Waals surface area contributed by atoms with Gasteiger partial charge in [-0.2, -0.15) is 0 Å². The Balaban J connectivity index is 2.12. The number of primary sulfonamides is 1. The topological polar surface area (TPSA) is 94.3 Å². The second-order valence-corrected chi connectivity index (χ2v) is 8.86. The molecule has 0 unspecified atom stereocenters. The maximum Gasteiger partial charge on any atom is 0.241 e. The van der Waals surface area contributed by atoms with Crippen molar-refractivity contribution in [3.63, 3.8) is 0 Å². The number of benzene rings is 1. The van der Waals surface area contributed by atoms with E-state index in [9.17, 15) is 8.42 Å². The molecular weight excluding hydrogens is 430 g/mol. The van der Waals surface area contributed by atoms with Gasteiger partial charge in [-0.25, -0.2) is 18.5 Å². The predicted molar refractivity (Wildman–Crippen MR) is 111 cm³/mol. The lowest BCUT2D eigenvalue weighted by molar-refractivity contribution is 0.302. The van der Waals surface area contributed by atoms with Gasteiger partial charge in [0.2, 0.25) is 10.0 Å². The summed E-state index contributed by atoms with van der Waals surface area (Å²) >= 11 is 3.22. The molecule has 8 heteroatoms. The molecule has 0 saturated heterocycles. The molecule has 0 aliphatic carbocycles. The molecule has 6 nitrogen and oxygen atoms in total. The highest BCUT2D eigenvalue weighted by Crippen LogP contribution is 2.25. The first kappa shape index (κ1) is 21.7. The molecule has 0 fully saturated rings. The quantitative estimate of drug-likeness (QED) is 0.518. The molecule has 0 radical (unpaired) electrons. The zero-order valence-corrected chi connectivity index (χ0v) is 18.1. The van der Waals surface area contributed by atoms with E-state index < -0.39 is 10.0 Å². The van der Waals surface area contributed by atoms with Gasteiger partial charge >= 0.3 is 0 Å². The Bertz CT molecular complexity index is 872. The number of unbranched alkanes of at least 4 members (excludes halogenated alkanes) is 3. The minimum absolute atomic E-state index is 0.0500. The lowest BCUT2D eigenvalue weighted by Crippen LogP contribution is -2.16. The lowest BCUT2D eigenvalue weighted by atomic mass is 10.1. The van der Waals surface area contributed by atoms with Crippen molar-refractivity contribution in [3.8, 4) is 5.75 Å². The molecule has 0 aliphatic rings. The molecule has 0 amide bonds. The van der Waals surface area contributed by atoms with Gasteiger partial charge in [0, 0.05) is 22.8 Å². The zero-order chi connectivity index (χ0) is 19.9. The van der Waals surface area contributed by atoms with Gasteiger partial charge in [-0.3, -0.25) is 0 Å². The molecule has 2 rings (SSSR count). The molecule has 2 aromatic rings. The third-order valence-corrected chi connectivity index (χ3v) is 5.41. The summed E-state index contributed by atoms with van der Waals surface area (Å²) in [5, 5.41) is 8.36. The summed E-state index contributed by atoms with van der Waals surface area (Å²) in [4.78, 5) is 4.09. The second-order valence-electron chi connectivity index (χ2n) is 6.42. The van der Waals surface area contributed by atoms with Crippen LogP contribution in [0.15, 0.2) is 39.8 Å². The van der Waals surface area contributed by atoms with Crippen LogP contribution in [0.4, 0.5) is 5.82 Å². The number of nitrogens with two attached hydrogens (primary N) is 1. The fourth-order valence-electron chi connectivity index (χ4n) is 2.60. The molecule has 0 bridgehead atoms. The minimum atomic E-state index is -3.89. The molecule has 0 atom stereocenters. The average Bonchev–Trinajstić information content (AvgIpc) is 2.61. The van der Waals surface area contributed by atoms with Crippen LogP contribution in [0.3, 0.4) is 0 Å². The van der Waals surface area contributed by atoms with Gasteiger partial charge in [-0.05, 0) is 47.0 Å². The third kappa shape index (κ3) is 6.79. The van der Waals surface area contributed by atoms with Crippen LogP contribution >= 0.6 is 15.9 Å². The summed E-state index contributed by atoms with van der Waals surface area (Å²) in [6.45, 7) is 5.23. The van der Waals surface area contributed by atoms with E-state index in [1.807, 2.05) is 25.1 Å². The van der Waals surface area contributed by atoms with Crippen molar-refractivity contribution in [1.82, 2.24) is 4.98 Å². The molecule has 3 N–H and O–H groups in total. The van der Waals surface area contributed by atoms with Gasteiger partial charge in [0.15, 0.2) is 0 Å². The van der Waals surface area contributed by atoms with Crippen molar-refractivity contribution in [1.29, 1.82) is 0 Å². The molecule has 1 heterocycles. The predicted octanol–water partition coefficient (Wildman–Crippen LogP) is 4.37. The number of aromatic nitrogens is 1. The van der Waals surface area contributed by atoms with Gasteiger partial charge < -0.3 is 10.1 Å². The van der Waals surface area contributed by atoms with Crippen LogP contribution < -0.4 is 15.2 Å². The van der Waals surface area contributed by atoms with Gasteiger partial charge in [-0.1, -0.05) is 38.3 Å². The van der Waals surface area contributed by atoms with Crippen LogP contribution in [0.25, 0.3) is 0 Å². The lowest BCUT2D eigenvalue weighted by Gasteiger charge is -2.15. The van der Waals surface area contributed by atoms with Gasteiger partial charge in [0.1, 0.15) is 16.5 Å². The Kier molecular flexibility index (Phi) is 8.07. The SMILES string of the molecule is CCCCCCOc1cc(C)ccc1CNc1ncc(Br)cc1S(N)(=O)=O. The first-order valence-corrected chi connectivity index (χ1v) is 11.3.